The third-order valence-corrected chi connectivity index (χ3v) is 4.13. The van der Waals surface area contributed by atoms with Crippen LogP contribution in [0.5, 0.6) is 11.5 Å². The highest BCUT2D eigenvalue weighted by Gasteiger charge is 2.06. The van der Waals surface area contributed by atoms with Gasteiger partial charge in [-0.25, -0.2) is 4.39 Å². The maximum absolute atomic E-state index is 14.2. The Labute approximate surface area is 173 Å². The molecule has 2 amide bonds. The van der Waals surface area contributed by atoms with Gasteiger partial charge in [0.2, 0.25) is 11.8 Å². The van der Waals surface area contributed by atoms with Crippen molar-refractivity contribution in [3.8, 4) is 11.5 Å². The standard InChI is InChI=1S/C23H20FN3O3/c24-20-14-17(5-10-21(20)30-19-2-1-13-26-15-19)7-12-23(29)27-18-8-3-16(4-9-18)6-11-22(25)28/h1-5,7-10,12-15H,6,11H2,(H2,25,28)(H,27,29)/b12-7+. The zero-order valence-electron chi connectivity index (χ0n) is 16.0. The van der Waals surface area contributed by atoms with Gasteiger partial charge in [0.05, 0.1) is 6.20 Å². The van der Waals surface area contributed by atoms with Crippen molar-refractivity contribution in [2.24, 2.45) is 5.73 Å². The van der Waals surface area contributed by atoms with Crippen LogP contribution in [0, 0.1) is 5.82 Å². The first kappa shape index (κ1) is 20.7. The van der Waals surface area contributed by atoms with Crippen molar-refractivity contribution < 1.29 is 18.7 Å². The second kappa shape index (κ2) is 9.97. The van der Waals surface area contributed by atoms with Crippen molar-refractivity contribution in [2.75, 3.05) is 5.32 Å². The topological polar surface area (TPSA) is 94.3 Å². The van der Waals surface area contributed by atoms with Crippen LogP contribution >= 0.6 is 0 Å². The van der Waals surface area contributed by atoms with Gasteiger partial charge in [0.15, 0.2) is 11.6 Å². The molecule has 6 nitrogen and oxygen atoms in total. The van der Waals surface area contributed by atoms with Crippen LogP contribution < -0.4 is 15.8 Å². The monoisotopic (exact) mass is 405 g/mol. The molecule has 0 fully saturated rings. The van der Waals surface area contributed by atoms with Gasteiger partial charge in [-0.3, -0.25) is 14.6 Å². The summed E-state index contributed by atoms with van der Waals surface area (Å²) in [7, 11) is 0. The summed E-state index contributed by atoms with van der Waals surface area (Å²) >= 11 is 0. The molecule has 0 spiro atoms. The van der Waals surface area contributed by atoms with Gasteiger partial charge in [0.25, 0.3) is 0 Å². The van der Waals surface area contributed by atoms with Crippen LogP contribution in [-0.4, -0.2) is 16.8 Å². The molecule has 3 N–H and O–H groups in total. The fourth-order valence-electron chi connectivity index (χ4n) is 2.62. The quantitative estimate of drug-likeness (QED) is 0.552. The Kier molecular flexibility index (Phi) is 6.89. The summed E-state index contributed by atoms with van der Waals surface area (Å²) in [5.41, 5.74) is 7.21. The maximum Gasteiger partial charge on any atom is 0.248 e. The fraction of sp³-hybridized carbons (Fsp3) is 0.0870. The number of nitrogens with one attached hydrogen (secondary N) is 1. The molecular weight excluding hydrogens is 385 g/mol. The largest absolute Gasteiger partial charge is 0.453 e. The molecule has 0 atom stereocenters. The Hall–Kier alpha value is -4.00. The zero-order chi connectivity index (χ0) is 21.3. The van der Waals surface area contributed by atoms with Crippen molar-refractivity contribution >= 4 is 23.6 Å². The Morgan fingerprint density at radius 1 is 1.13 bits per heavy atom. The van der Waals surface area contributed by atoms with Crippen LogP contribution in [0.4, 0.5) is 10.1 Å². The van der Waals surface area contributed by atoms with E-state index in [9.17, 15) is 14.0 Å². The molecule has 0 saturated heterocycles. The number of primary amides is 1. The van der Waals surface area contributed by atoms with Crippen LogP contribution in [0.1, 0.15) is 17.5 Å². The highest BCUT2D eigenvalue weighted by atomic mass is 19.1. The average Bonchev–Trinajstić information content (AvgIpc) is 2.74. The number of rotatable bonds is 8. The molecule has 1 aromatic heterocycles. The smallest absolute Gasteiger partial charge is 0.248 e. The average molecular weight is 405 g/mol. The predicted molar refractivity (Wildman–Crippen MR) is 112 cm³/mol. The molecular formula is C23H20FN3O3. The molecule has 30 heavy (non-hydrogen) atoms. The van der Waals surface area contributed by atoms with Crippen LogP contribution in [0.3, 0.4) is 0 Å². The van der Waals surface area contributed by atoms with Crippen molar-refractivity contribution in [3.05, 3.63) is 90.0 Å². The van der Waals surface area contributed by atoms with E-state index in [-0.39, 0.29) is 24.0 Å². The van der Waals surface area contributed by atoms with E-state index in [0.717, 1.165) is 5.56 Å². The third kappa shape index (κ3) is 6.27. The molecule has 0 bridgehead atoms. The van der Waals surface area contributed by atoms with E-state index in [1.807, 2.05) is 12.1 Å². The molecule has 152 valence electrons. The van der Waals surface area contributed by atoms with E-state index >= 15 is 0 Å². The van der Waals surface area contributed by atoms with Crippen LogP contribution in [0.25, 0.3) is 6.08 Å². The highest BCUT2D eigenvalue weighted by molar-refractivity contribution is 6.01. The molecule has 0 aliphatic carbocycles. The fourth-order valence-corrected chi connectivity index (χ4v) is 2.62. The summed E-state index contributed by atoms with van der Waals surface area (Å²) < 4.78 is 19.7. The van der Waals surface area contributed by atoms with E-state index in [4.69, 9.17) is 10.5 Å². The minimum atomic E-state index is -0.548. The van der Waals surface area contributed by atoms with E-state index in [0.29, 0.717) is 23.4 Å². The van der Waals surface area contributed by atoms with Gasteiger partial charge >= 0.3 is 0 Å². The lowest BCUT2D eigenvalue weighted by atomic mass is 10.1. The number of ether oxygens (including phenoxy) is 1. The van der Waals surface area contributed by atoms with Crippen molar-refractivity contribution in [1.29, 1.82) is 0 Å². The van der Waals surface area contributed by atoms with E-state index < -0.39 is 5.82 Å². The molecule has 3 aromatic rings. The van der Waals surface area contributed by atoms with Crippen molar-refractivity contribution in [1.82, 2.24) is 4.98 Å². The number of hydrogen-bond acceptors (Lipinski definition) is 4. The van der Waals surface area contributed by atoms with Gasteiger partial charge in [-0.1, -0.05) is 18.2 Å². The Bertz CT molecular complexity index is 1050. The molecule has 3 rings (SSSR count). The molecule has 0 radical (unpaired) electrons. The van der Waals surface area contributed by atoms with E-state index in [1.165, 1.54) is 30.5 Å². The van der Waals surface area contributed by atoms with Gasteiger partial charge in [0.1, 0.15) is 5.75 Å². The molecule has 0 aliphatic rings. The minimum absolute atomic E-state index is 0.0704. The number of anilines is 1. The van der Waals surface area contributed by atoms with Gasteiger partial charge in [-0.2, -0.15) is 0 Å². The number of nitrogens with two attached hydrogens (primary N) is 1. The molecule has 1 heterocycles. The number of aromatic nitrogens is 1. The molecule has 2 aromatic carbocycles. The summed E-state index contributed by atoms with van der Waals surface area (Å²) in [6.45, 7) is 0. The summed E-state index contributed by atoms with van der Waals surface area (Å²) in [5.74, 6) is -0.754. The Morgan fingerprint density at radius 2 is 1.93 bits per heavy atom. The first-order valence-corrected chi connectivity index (χ1v) is 9.23. The van der Waals surface area contributed by atoms with E-state index in [2.05, 4.69) is 10.3 Å². The van der Waals surface area contributed by atoms with Gasteiger partial charge in [-0.05, 0) is 60.0 Å². The van der Waals surface area contributed by atoms with E-state index in [1.54, 1.807) is 36.5 Å². The lowest BCUT2D eigenvalue weighted by molar-refractivity contribution is -0.118. The second-order valence-electron chi connectivity index (χ2n) is 6.47. The number of amides is 2. The number of hydrogen-bond donors (Lipinski definition) is 2. The molecule has 0 unspecified atom stereocenters. The summed E-state index contributed by atoms with van der Waals surface area (Å²) in [4.78, 5) is 26.8. The highest BCUT2D eigenvalue weighted by Crippen LogP contribution is 2.24. The second-order valence-corrected chi connectivity index (χ2v) is 6.47. The van der Waals surface area contributed by atoms with Crippen LogP contribution in [0.2, 0.25) is 0 Å². The van der Waals surface area contributed by atoms with Crippen LogP contribution in [0.15, 0.2) is 73.1 Å². The molecule has 0 saturated carbocycles. The third-order valence-electron chi connectivity index (χ3n) is 4.13. The van der Waals surface area contributed by atoms with Crippen molar-refractivity contribution in [3.63, 3.8) is 0 Å². The first-order valence-electron chi connectivity index (χ1n) is 9.23. The molecule has 7 heteroatoms. The molecule has 0 aliphatic heterocycles. The number of benzene rings is 2. The SMILES string of the molecule is NC(=O)CCc1ccc(NC(=O)/C=C/c2ccc(Oc3cccnc3)c(F)c2)cc1. The minimum Gasteiger partial charge on any atom is -0.453 e. The summed E-state index contributed by atoms with van der Waals surface area (Å²) in [6.07, 6.45) is 6.74. The van der Waals surface area contributed by atoms with Gasteiger partial charge in [0, 0.05) is 24.4 Å². The normalized spacial score (nSPS) is 10.7. The summed E-state index contributed by atoms with van der Waals surface area (Å²) in [6, 6.07) is 14.9. The number of aryl methyl sites for hydroxylation is 1. The number of pyridine rings is 1. The summed E-state index contributed by atoms with van der Waals surface area (Å²) in [5, 5.41) is 2.72. The van der Waals surface area contributed by atoms with Gasteiger partial charge in [-0.15, -0.1) is 0 Å². The predicted octanol–water partition coefficient (Wildman–Crippen LogP) is 4.08. The first-order chi connectivity index (χ1) is 14.5. The lowest BCUT2D eigenvalue weighted by Gasteiger charge is -2.07. The Balaban J connectivity index is 1.56. The van der Waals surface area contributed by atoms with Gasteiger partial charge < -0.3 is 15.8 Å². The number of carbonyl (C=O) groups is 2. The number of nitrogens with zero attached hydrogens (tertiary/aromatic N) is 1. The lowest BCUT2D eigenvalue weighted by Crippen LogP contribution is -2.11. The van der Waals surface area contributed by atoms with Crippen LogP contribution in [-0.2, 0) is 16.0 Å². The Morgan fingerprint density at radius 3 is 2.60 bits per heavy atom. The zero-order valence-corrected chi connectivity index (χ0v) is 16.0. The number of halogens is 1. The number of carbonyl (C=O) groups excluding carboxylic acids is 2. The maximum atomic E-state index is 14.2. The van der Waals surface area contributed by atoms with Crippen molar-refractivity contribution in [2.45, 2.75) is 12.8 Å².